The fourth-order valence-corrected chi connectivity index (χ4v) is 4.32. The van der Waals surface area contributed by atoms with Gasteiger partial charge in [0.25, 0.3) is 0 Å². The quantitative estimate of drug-likeness (QED) is 0.821. The Labute approximate surface area is 126 Å². The molecule has 6 nitrogen and oxygen atoms in total. The maximum Gasteiger partial charge on any atom is 0.228 e. The van der Waals surface area contributed by atoms with Crippen molar-refractivity contribution in [1.82, 2.24) is 15.5 Å². The van der Waals surface area contributed by atoms with E-state index in [1.165, 1.54) is 0 Å². The molecule has 2 heterocycles. The van der Waals surface area contributed by atoms with Crippen molar-refractivity contribution >= 4 is 9.84 Å². The van der Waals surface area contributed by atoms with Crippen LogP contribution in [0.2, 0.25) is 0 Å². The molecule has 0 radical (unpaired) electrons. The van der Waals surface area contributed by atoms with Gasteiger partial charge in [-0.1, -0.05) is 25.9 Å². The summed E-state index contributed by atoms with van der Waals surface area (Å²) in [4.78, 5) is 4.41. The van der Waals surface area contributed by atoms with Gasteiger partial charge in [0.1, 0.15) is 0 Å². The van der Waals surface area contributed by atoms with Gasteiger partial charge < -0.3 is 9.84 Å². The second-order valence-corrected chi connectivity index (χ2v) is 8.38. The highest BCUT2D eigenvalue weighted by Crippen LogP contribution is 2.27. The first kappa shape index (κ1) is 16.4. The zero-order chi connectivity index (χ0) is 15.5. The molecule has 2 unspecified atom stereocenters. The lowest BCUT2D eigenvalue weighted by Crippen LogP contribution is -2.36. The summed E-state index contributed by atoms with van der Waals surface area (Å²) in [5.41, 5.74) is 0. The first-order valence-corrected chi connectivity index (χ1v) is 9.49. The topological polar surface area (TPSA) is 85.1 Å². The number of hydrogen-bond donors (Lipinski definition) is 1. The second kappa shape index (κ2) is 6.87. The first-order chi connectivity index (χ1) is 9.91. The van der Waals surface area contributed by atoms with E-state index in [-0.39, 0.29) is 17.4 Å². The summed E-state index contributed by atoms with van der Waals surface area (Å²) in [6.07, 6.45) is 2.37. The van der Waals surface area contributed by atoms with Crippen LogP contribution in [0.25, 0.3) is 0 Å². The molecular weight excluding hydrogens is 290 g/mol. The number of aromatic nitrogens is 2. The van der Waals surface area contributed by atoms with E-state index in [4.69, 9.17) is 4.52 Å². The van der Waals surface area contributed by atoms with Gasteiger partial charge in [0, 0.05) is 18.4 Å². The molecule has 2 rings (SSSR count). The minimum atomic E-state index is -2.92. The van der Waals surface area contributed by atoms with E-state index >= 15 is 0 Å². The minimum absolute atomic E-state index is 0.103. The lowest BCUT2D eigenvalue weighted by molar-refractivity contribution is 0.324. The average Bonchev–Trinajstić information content (AvgIpc) is 3.00. The molecule has 0 bridgehead atoms. The van der Waals surface area contributed by atoms with Crippen molar-refractivity contribution in [3.8, 4) is 0 Å². The molecule has 1 aromatic rings. The largest absolute Gasteiger partial charge is 0.339 e. The SMILES string of the molecule is CCCNC(Cc1nc(C2CCS(=O)(=O)C2)no1)C(C)C. The van der Waals surface area contributed by atoms with E-state index in [2.05, 4.69) is 36.2 Å². The van der Waals surface area contributed by atoms with Crippen LogP contribution in [-0.2, 0) is 16.3 Å². The fraction of sp³-hybridized carbons (Fsp3) is 0.857. The number of nitrogens with one attached hydrogen (secondary N) is 1. The molecule has 0 aromatic carbocycles. The van der Waals surface area contributed by atoms with Crippen molar-refractivity contribution in [1.29, 1.82) is 0 Å². The Bertz CT molecular complexity index is 554. The van der Waals surface area contributed by atoms with Gasteiger partial charge in [-0.2, -0.15) is 4.98 Å². The molecule has 0 aliphatic carbocycles. The van der Waals surface area contributed by atoms with Gasteiger partial charge in [-0.25, -0.2) is 8.42 Å². The Kier molecular flexibility index (Phi) is 5.37. The average molecular weight is 315 g/mol. The summed E-state index contributed by atoms with van der Waals surface area (Å²) in [7, 11) is -2.92. The van der Waals surface area contributed by atoms with Gasteiger partial charge >= 0.3 is 0 Å². The molecule has 0 amide bonds. The zero-order valence-corrected chi connectivity index (χ0v) is 13.8. The van der Waals surface area contributed by atoms with Crippen molar-refractivity contribution in [2.75, 3.05) is 18.1 Å². The van der Waals surface area contributed by atoms with Gasteiger partial charge in [-0.05, 0) is 25.3 Å². The van der Waals surface area contributed by atoms with Crippen molar-refractivity contribution in [3.63, 3.8) is 0 Å². The van der Waals surface area contributed by atoms with Crippen LogP contribution in [0.4, 0.5) is 0 Å². The molecule has 1 fully saturated rings. The molecule has 1 aromatic heterocycles. The standard InChI is InChI=1S/C14H25N3O3S/c1-4-6-15-12(10(2)3)8-13-16-14(17-20-13)11-5-7-21(18,19)9-11/h10-12,15H,4-9H2,1-3H3. The van der Waals surface area contributed by atoms with Crippen LogP contribution in [0.15, 0.2) is 4.52 Å². The van der Waals surface area contributed by atoms with Gasteiger partial charge in [0.15, 0.2) is 15.7 Å². The van der Waals surface area contributed by atoms with E-state index in [1.807, 2.05) is 0 Å². The molecule has 1 N–H and O–H groups in total. The molecule has 7 heteroatoms. The predicted molar refractivity (Wildman–Crippen MR) is 80.9 cm³/mol. The van der Waals surface area contributed by atoms with E-state index in [9.17, 15) is 8.42 Å². The predicted octanol–water partition coefficient (Wildman–Crippen LogP) is 1.54. The van der Waals surface area contributed by atoms with E-state index in [0.717, 1.165) is 13.0 Å². The number of rotatable bonds is 7. The Morgan fingerprint density at radius 3 is 2.76 bits per heavy atom. The summed E-state index contributed by atoms with van der Waals surface area (Å²) >= 11 is 0. The number of hydrogen-bond acceptors (Lipinski definition) is 6. The third kappa shape index (κ3) is 4.51. The maximum absolute atomic E-state index is 11.5. The molecule has 1 aliphatic heterocycles. The highest BCUT2D eigenvalue weighted by atomic mass is 32.2. The van der Waals surface area contributed by atoms with E-state index in [0.29, 0.717) is 36.5 Å². The molecular formula is C14H25N3O3S. The van der Waals surface area contributed by atoms with E-state index < -0.39 is 9.84 Å². The van der Waals surface area contributed by atoms with Crippen LogP contribution in [0, 0.1) is 5.92 Å². The molecule has 1 aliphatic rings. The third-order valence-corrected chi connectivity index (χ3v) is 5.71. The van der Waals surface area contributed by atoms with Gasteiger partial charge in [-0.3, -0.25) is 0 Å². The zero-order valence-electron chi connectivity index (χ0n) is 13.0. The van der Waals surface area contributed by atoms with Crippen LogP contribution in [0.1, 0.15) is 51.2 Å². The Morgan fingerprint density at radius 1 is 1.43 bits per heavy atom. The summed E-state index contributed by atoms with van der Waals surface area (Å²) in [6, 6.07) is 0.297. The molecule has 1 saturated heterocycles. The van der Waals surface area contributed by atoms with Crippen molar-refractivity contribution in [2.24, 2.45) is 5.92 Å². The monoisotopic (exact) mass is 315 g/mol. The first-order valence-electron chi connectivity index (χ1n) is 7.67. The van der Waals surface area contributed by atoms with Crippen LogP contribution < -0.4 is 5.32 Å². The molecule has 21 heavy (non-hydrogen) atoms. The molecule has 0 spiro atoms. The van der Waals surface area contributed by atoms with Crippen LogP contribution in [-0.4, -0.2) is 42.7 Å². The highest BCUT2D eigenvalue weighted by Gasteiger charge is 2.32. The lowest BCUT2D eigenvalue weighted by Gasteiger charge is -2.20. The third-order valence-electron chi connectivity index (χ3n) is 3.94. The smallest absolute Gasteiger partial charge is 0.228 e. The van der Waals surface area contributed by atoms with Crippen LogP contribution in [0.5, 0.6) is 0 Å². The second-order valence-electron chi connectivity index (χ2n) is 6.16. The Balaban J connectivity index is 1.99. The van der Waals surface area contributed by atoms with Gasteiger partial charge in [0.2, 0.25) is 5.89 Å². The minimum Gasteiger partial charge on any atom is -0.339 e. The lowest BCUT2D eigenvalue weighted by atomic mass is 10.0. The highest BCUT2D eigenvalue weighted by molar-refractivity contribution is 7.91. The summed E-state index contributed by atoms with van der Waals surface area (Å²) in [5.74, 6) is 1.88. The van der Waals surface area contributed by atoms with Crippen molar-refractivity contribution in [2.45, 2.75) is 52.0 Å². The fourth-order valence-electron chi connectivity index (χ4n) is 2.58. The van der Waals surface area contributed by atoms with Crippen LogP contribution >= 0.6 is 0 Å². The van der Waals surface area contributed by atoms with Crippen molar-refractivity contribution in [3.05, 3.63) is 11.7 Å². The molecule has 120 valence electrons. The van der Waals surface area contributed by atoms with Crippen LogP contribution in [0.3, 0.4) is 0 Å². The van der Waals surface area contributed by atoms with Gasteiger partial charge in [0.05, 0.1) is 11.5 Å². The summed E-state index contributed by atoms with van der Waals surface area (Å²) < 4.78 is 28.3. The number of sulfone groups is 1. The van der Waals surface area contributed by atoms with Crippen molar-refractivity contribution < 1.29 is 12.9 Å². The normalized spacial score (nSPS) is 22.8. The Hall–Kier alpha value is -0.950. The summed E-state index contributed by atoms with van der Waals surface area (Å²) in [5, 5.41) is 7.46. The molecule has 0 saturated carbocycles. The summed E-state index contributed by atoms with van der Waals surface area (Å²) in [6.45, 7) is 7.42. The molecule has 2 atom stereocenters. The van der Waals surface area contributed by atoms with Gasteiger partial charge in [-0.15, -0.1) is 0 Å². The Morgan fingerprint density at radius 2 is 2.19 bits per heavy atom. The van der Waals surface area contributed by atoms with E-state index in [1.54, 1.807) is 0 Å². The number of nitrogens with zero attached hydrogens (tertiary/aromatic N) is 2. The maximum atomic E-state index is 11.5.